The zero-order chi connectivity index (χ0) is 29.6. The number of aliphatic hydroxyl groups is 2. The number of rotatable bonds is 9. The van der Waals surface area contributed by atoms with Crippen LogP contribution in [0.4, 0.5) is 22.0 Å². The third-order valence-electron chi connectivity index (χ3n) is 5.28. The SMILES string of the molecule is O=c1c(C(F)(F)F)cn([C@@H]2O[C@H](COP(=O)(O)OP(=O)(O)O)C(O)[C@@H]2O)c(=O)n1CC(F)(F)c1ccccc1. The second-order valence-electron chi connectivity index (χ2n) is 8.07. The highest BCUT2D eigenvalue weighted by molar-refractivity contribution is 7.60. The number of phosphoric ester groups is 1. The number of aliphatic hydroxyl groups excluding tert-OH is 2. The lowest BCUT2D eigenvalue weighted by molar-refractivity contribution is -0.140. The molecule has 0 radical (unpaired) electrons. The first kappa shape index (κ1) is 31.2. The topological polar surface area (TPSA) is 207 Å². The number of hydrogen-bond acceptors (Lipinski definition) is 9. The first-order valence-electron chi connectivity index (χ1n) is 10.4. The Morgan fingerprint density at radius 3 is 2.10 bits per heavy atom. The molecule has 0 bridgehead atoms. The molecular formula is C18H19F5N2O12P2. The van der Waals surface area contributed by atoms with E-state index in [1.54, 1.807) is 0 Å². The maximum absolute atomic E-state index is 14.8. The Kier molecular flexibility index (Phi) is 8.75. The van der Waals surface area contributed by atoms with Crippen molar-refractivity contribution in [2.75, 3.05) is 6.61 Å². The Morgan fingerprint density at radius 1 is 0.974 bits per heavy atom. The average Bonchev–Trinajstić information content (AvgIpc) is 3.07. The lowest BCUT2D eigenvalue weighted by Crippen LogP contribution is -2.48. The van der Waals surface area contributed by atoms with Crippen LogP contribution in [0.1, 0.15) is 17.4 Å². The van der Waals surface area contributed by atoms with Crippen molar-refractivity contribution in [1.82, 2.24) is 9.13 Å². The summed E-state index contributed by atoms with van der Waals surface area (Å²) < 4.78 is 105. The summed E-state index contributed by atoms with van der Waals surface area (Å²) in [5, 5.41) is 20.4. The number of alkyl halides is 5. The minimum absolute atomic E-state index is 0.0795. The highest BCUT2D eigenvalue weighted by Crippen LogP contribution is 2.57. The lowest BCUT2D eigenvalue weighted by Gasteiger charge is -2.23. The fourth-order valence-corrected chi connectivity index (χ4v) is 5.13. The zero-order valence-electron chi connectivity index (χ0n) is 19.0. The summed E-state index contributed by atoms with van der Waals surface area (Å²) in [6, 6.07) is 5.52. The van der Waals surface area contributed by atoms with Gasteiger partial charge in [0.1, 0.15) is 23.9 Å². The van der Waals surface area contributed by atoms with Crippen LogP contribution in [0, 0.1) is 0 Å². The third kappa shape index (κ3) is 7.26. The third-order valence-corrected chi connectivity index (χ3v) is 7.43. The number of nitrogens with zero attached hydrogens (tertiary/aromatic N) is 2. The molecule has 0 spiro atoms. The fraction of sp³-hybridized carbons (Fsp3) is 0.444. The van der Waals surface area contributed by atoms with Gasteiger partial charge in [-0.1, -0.05) is 30.3 Å². The van der Waals surface area contributed by atoms with Gasteiger partial charge in [0, 0.05) is 11.8 Å². The molecule has 1 aliphatic rings. The number of ether oxygens (including phenoxy) is 1. The van der Waals surface area contributed by atoms with Gasteiger partial charge in [0.2, 0.25) is 0 Å². The van der Waals surface area contributed by atoms with E-state index in [1.807, 2.05) is 0 Å². The quantitative estimate of drug-likeness (QED) is 0.196. The predicted molar refractivity (Wildman–Crippen MR) is 115 cm³/mol. The molecule has 1 aromatic carbocycles. The Labute approximate surface area is 213 Å². The number of halogens is 5. The molecule has 3 rings (SSSR count). The Morgan fingerprint density at radius 2 is 1.56 bits per heavy atom. The van der Waals surface area contributed by atoms with Gasteiger partial charge in [-0.3, -0.25) is 18.5 Å². The van der Waals surface area contributed by atoms with E-state index in [-0.39, 0.29) is 10.8 Å². The standard InChI is InChI=1S/C18H19F5N2O12P2/c19-17(20,9-4-2-1-3-5-9)8-25-14(28)10(18(21,22)23)6-24(16(25)29)15-13(27)12(26)11(36-15)7-35-39(33,34)37-38(30,31)32/h1-6,11-13,15,26-27H,7-8H2,(H,33,34)(H2,30,31,32)/t11-,12?,13+,15-/m1/s1. The van der Waals surface area contributed by atoms with Gasteiger partial charge in [0.05, 0.1) is 13.2 Å². The smallest absolute Gasteiger partial charge is 0.387 e. The van der Waals surface area contributed by atoms with Gasteiger partial charge >= 0.3 is 27.5 Å². The van der Waals surface area contributed by atoms with Gasteiger partial charge in [-0.15, -0.1) is 0 Å². The maximum Gasteiger partial charge on any atom is 0.481 e. The maximum atomic E-state index is 14.8. The second-order valence-corrected chi connectivity index (χ2v) is 10.9. The summed E-state index contributed by atoms with van der Waals surface area (Å²) >= 11 is 0. The molecule has 0 saturated carbocycles. The van der Waals surface area contributed by atoms with E-state index in [0.717, 1.165) is 12.1 Å². The number of phosphoric acid groups is 2. The Bertz CT molecular complexity index is 1410. The van der Waals surface area contributed by atoms with Crippen LogP contribution in [0.3, 0.4) is 0 Å². The number of benzene rings is 1. The highest BCUT2D eigenvalue weighted by atomic mass is 31.3. The van der Waals surface area contributed by atoms with Gasteiger partial charge in [-0.25, -0.2) is 13.9 Å². The summed E-state index contributed by atoms with van der Waals surface area (Å²) in [5.41, 5.74) is -6.79. The first-order chi connectivity index (χ1) is 17.7. The van der Waals surface area contributed by atoms with E-state index in [4.69, 9.17) is 14.5 Å². The fourth-order valence-electron chi connectivity index (χ4n) is 3.53. The number of aromatic nitrogens is 2. The summed E-state index contributed by atoms with van der Waals surface area (Å²) in [5.74, 6) is -4.03. The van der Waals surface area contributed by atoms with Crippen molar-refractivity contribution in [3.8, 4) is 0 Å². The van der Waals surface area contributed by atoms with E-state index in [9.17, 15) is 55.8 Å². The molecule has 5 atom stereocenters. The monoisotopic (exact) mass is 612 g/mol. The molecule has 0 amide bonds. The van der Waals surface area contributed by atoms with Gasteiger partial charge in [0.25, 0.3) is 11.5 Å². The molecule has 2 unspecified atom stereocenters. The first-order valence-corrected chi connectivity index (χ1v) is 13.4. The van der Waals surface area contributed by atoms with Crippen LogP contribution in [0.25, 0.3) is 0 Å². The van der Waals surface area contributed by atoms with Crippen LogP contribution in [0.5, 0.6) is 0 Å². The van der Waals surface area contributed by atoms with Gasteiger partial charge in [-0.05, 0) is 0 Å². The van der Waals surface area contributed by atoms with Crippen LogP contribution in [0.15, 0.2) is 46.1 Å². The molecule has 1 aliphatic heterocycles. The zero-order valence-corrected chi connectivity index (χ0v) is 20.7. The minimum Gasteiger partial charge on any atom is -0.387 e. The summed E-state index contributed by atoms with van der Waals surface area (Å²) in [6.07, 6.45) is -14.3. The van der Waals surface area contributed by atoms with E-state index in [1.165, 1.54) is 18.2 Å². The van der Waals surface area contributed by atoms with Gasteiger partial charge in [0.15, 0.2) is 6.23 Å². The molecule has 2 heterocycles. The largest absolute Gasteiger partial charge is 0.481 e. The molecule has 21 heteroatoms. The van der Waals surface area contributed by atoms with Crippen molar-refractivity contribution in [1.29, 1.82) is 0 Å². The summed E-state index contributed by atoms with van der Waals surface area (Å²) in [4.78, 5) is 51.9. The van der Waals surface area contributed by atoms with Crippen molar-refractivity contribution >= 4 is 15.6 Å². The van der Waals surface area contributed by atoms with Crippen LogP contribution in [-0.2, 0) is 41.3 Å². The van der Waals surface area contributed by atoms with Crippen molar-refractivity contribution < 1.29 is 69.5 Å². The molecule has 5 N–H and O–H groups in total. The van der Waals surface area contributed by atoms with Gasteiger partial charge in [-0.2, -0.15) is 26.3 Å². The Hall–Kier alpha value is -2.31. The molecule has 1 fully saturated rings. The van der Waals surface area contributed by atoms with Crippen LogP contribution < -0.4 is 11.2 Å². The summed E-state index contributed by atoms with van der Waals surface area (Å²) in [6.45, 7) is -3.13. The lowest BCUT2D eigenvalue weighted by atomic mass is 10.1. The van der Waals surface area contributed by atoms with Crippen molar-refractivity contribution in [2.24, 2.45) is 0 Å². The second kappa shape index (κ2) is 10.9. The molecule has 1 aromatic heterocycles. The number of hydrogen-bond donors (Lipinski definition) is 5. The van der Waals surface area contributed by atoms with Crippen LogP contribution in [-0.4, -0.2) is 58.9 Å². The van der Waals surface area contributed by atoms with Crippen molar-refractivity contribution in [2.45, 2.75) is 43.2 Å². The van der Waals surface area contributed by atoms with E-state index in [0.29, 0.717) is 0 Å². The molecular weight excluding hydrogens is 593 g/mol. The summed E-state index contributed by atoms with van der Waals surface area (Å²) in [7, 11) is -11.0. The van der Waals surface area contributed by atoms with Crippen LogP contribution in [0.2, 0.25) is 0 Å². The molecule has 0 aliphatic carbocycles. The Balaban J connectivity index is 2.00. The molecule has 14 nitrogen and oxygen atoms in total. The average molecular weight is 612 g/mol. The molecule has 1 saturated heterocycles. The van der Waals surface area contributed by atoms with Gasteiger partial charge < -0.3 is 29.6 Å². The van der Waals surface area contributed by atoms with E-state index < -0.39 is 92.4 Å². The highest BCUT2D eigenvalue weighted by Gasteiger charge is 2.47. The molecule has 39 heavy (non-hydrogen) atoms. The van der Waals surface area contributed by atoms with Crippen molar-refractivity contribution in [3.05, 3.63) is 68.5 Å². The normalized spacial score (nSPS) is 24.1. The molecule has 2 aromatic rings. The van der Waals surface area contributed by atoms with E-state index >= 15 is 0 Å². The predicted octanol–water partition coefficient (Wildman–Crippen LogP) is 0.666. The molecule has 218 valence electrons. The minimum atomic E-state index is -5.55. The van der Waals surface area contributed by atoms with E-state index in [2.05, 4.69) is 8.83 Å². The van der Waals surface area contributed by atoms with Crippen molar-refractivity contribution in [3.63, 3.8) is 0 Å². The van der Waals surface area contributed by atoms with Crippen LogP contribution >= 0.6 is 15.6 Å².